The molecule has 1 fully saturated rings. The van der Waals surface area contributed by atoms with Crippen molar-refractivity contribution in [3.8, 4) is 11.5 Å². The van der Waals surface area contributed by atoms with Crippen molar-refractivity contribution in [3.05, 3.63) is 92.4 Å². The van der Waals surface area contributed by atoms with Gasteiger partial charge in [0.05, 0.1) is 16.6 Å². The normalized spacial score (nSPS) is 17.1. The molecule has 1 aliphatic carbocycles. The van der Waals surface area contributed by atoms with Crippen molar-refractivity contribution in [2.75, 3.05) is 0 Å². The van der Waals surface area contributed by atoms with E-state index in [4.69, 9.17) is 0 Å². The number of rotatable bonds is 5. The molecule has 0 radical (unpaired) electrons. The molecule has 0 saturated heterocycles. The Bertz CT molecular complexity index is 1080. The summed E-state index contributed by atoms with van der Waals surface area (Å²) in [7, 11) is 0. The molecule has 0 bridgehead atoms. The lowest BCUT2D eigenvalue weighted by atomic mass is 9.85. The van der Waals surface area contributed by atoms with Crippen LogP contribution in [0.5, 0.6) is 11.5 Å². The number of hydrogen-bond acceptors (Lipinski definition) is 4. The molecule has 1 atom stereocenters. The van der Waals surface area contributed by atoms with Gasteiger partial charge in [0.15, 0.2) is 0 Å². The van der Waals surface area contributed by atoms with E-state index in [0.717, 1.165) is 11.1 Å². The van der Waals surface area contributed by atoms with Gasteiger partial charge < -0.3 is 10.2 Å². The molecular formula is C23H18Br2N2O3. The molecule has 0 spiro atoms. The number of benzene rings is 3. The van der Waals surface area contributed by atoms with Gasteiger partial charge in [0, 0.05) is 11.0 Å². The Labute approximate surface area is 190 Å². The third kappa shape index (κ3) is 3.63. The van der Waals surface area contributed by atoms with Gasteiger partial charge in [-0.2, -0.15) is 5.10 Å². The number of phenolic OH excluding ortho intramolecular Hbond substituents is 2. The standard InChI is InChI=1S/C23H18Br2N2O3/c24-18-11-14(20(28)19(25)21(18)29)13-26-27-22(30)17-12-23(17,15-7-3-1-4-8-15)16-9-5-2-6-10-16/h1-11,13,17,28-29H,12H2,(H,27,30)/t17-/m0/s1. The van der Waals surface area contributed by atoms with Crippen LogP contribution in [0.1, 0.15) is 23.1 Å². The second-order valence-corrected chi connectivity index (χ2v) is 8.80. The first-order valence-electron chi connectivity index (χ1n) is 9.29. The topological polar surface area (TPSA) is 81.9 Å². The van der Waals surface area contributed by atoms with Gasteiger partial charge in [-0.15, -0.1) is 0 Å². The van der Waals surface area contributed by atoms with Gasteiger partial charge in [-0.25, -0.2) is 5.43 Å². The molecule has 3 aromatic rings. The molecule has 7 heteroatoms. The van der Waals surface area contributed by atoms with Gasteiger partial charge in [0.1, 0.15) is 16.0 Å². The number of nitrogens with one attached hydrogen (secondary N) is 1. The third-order valence-corrected chi connectivity index (χ3v) is 6.79. The predicted molar refractivity (Wildman–Crippen MR) is 123 cm³/mol. The van der Waals surface area contributed by atoms with Gasteiger partial charge in [-0.3, -0.25) is 4.79 Å². The minimum absolute atomic E-state index is 0.109. The lowest BCUT2D eigenvalue weighted by molar-refractivity contribution is -0.122. The molecule has 0 aromatic heterocycles. The number of carbonyl (C=O) groups is 1. The highest BCUT2D eigenvalue weighted by atomic mass is 79.9. The number of hydrogen-bond donors (Lipinski definition) is 3. The molecule has 3 N–H and O–H groups in total. The van der Waals surface area contributed by atoms with Crippen molar-refractivity contribution in [2.45, 2.75) is 11.8 Å². The van der Waals surface area contributed by atoms with E-state index in [-0.39, 0.29) is 33.2 Å². The summed E-state index contributed by atoms with van der Waals surface area (Å²) < 4.78 is 0.549. The van der Waals surface area contributed by atoms with Crippen LogP contribution in [0.2, 0.25) is 0 Å². The largest absolute Gasteiger partial charge is 0.506 e. The predicted octanol–water partition coefficient (Wildman–Crippen LogP) is 5.08. The van der Waals surface area contributed by atoms with Crippen LogP contribution >= 0.6 is 31.9 Å². The third-order valence-electron chi connectivity index (χ3n) is 5.43. The lowest BCUT2D eigenvalue weighted by Crippen LogP contribution is -2.25. The fraction of sp³-hybridized carbons (Fsp3) is 0.130. The maximum absolute atomic E-state index is 12.9. The van der Waals surface area contributed by atoms with Crippen molar-refractivity contribution in [1.82, 2.24) is 5.43 Å². The van der Waals surface area contributed by atoms with E-state index in [1.54, 1.807) is 0 Å². The molecule has 1 aliphatic rings. The van der Waals surface area contributed by atoms with Crippen LogP contribution < -0.4 is 5.43 Å². The van der Waals surface area contributed by atoms with E-state index in [1.165, 1.54) is 12.3 Å². The minimum Gasteiger partial charge on any atom is -0.506 e. The molecule has 1 saturated carbocycles. The van der Waals surface area contributed by atoms with E-state index < -0.39 is 0 Å². The zero-order valence-corrected chi connectivity index (χ0v) is 18.9. The molecule has 3 aromatic carbocycles. The van der Waals surface area contributed by atoms with Crippen molar-refractivity contribution in [1.29, 1.82) is 0 Å². The first-order valence-corrected chi connectivity index (χ1v) is 10.9. The van der Waals surface area contributed by atoms with E-state index in [2.05, 4.69) is 42.4 Å². The number of hydrazone groups is 1. The van der Waals surface area contributed by atoms with Crippen molar-refractivity contribution < 1.29 is 15.0 Å². The maximum atomic E-state index is 12.9. The van der Waals surface area contributed by atoms with Crippen molar-refractivity contribution in [2.24, 2.45) is 11.0 Å². The SMILES string of the molecule is O=C(NN=Cc1cc(Br)c(O)c(Br)c1O)[C@@H]1CC1(c1ccccc1)c1ccccc1. The lowest BCUT2D eigenvalue weighted by Gasteiger charge is -2.18. The van der Waals surface area contributed by atoms with Crippen molar-refractivity contribution in [3.63, 3.8) is 0 Å². The van der Waals surface area contributed by atoms with Crippen LogP contribution in [0.15, 0.2) is 80.8 Å². The molecule has 4 rings (SSSR count). The van der Waals surface area contributed by atoms with Crippen LogP contribution in [0.3, 0.4) is 0 Å². The van der Waals surface area contributed by atoms with Gasteiger partial charge in [0.2, 0.25) is 5.91 Å². The average Bonchev–Trinajstić information content (AvgIpc) is 3.54. The van der Waals surface area contributed by atoms with E-state index in [0.29, 0.717) is 16.5 Å². The quantitative estimate of drug-likeness (QED) is 0.318. The Morgan fingerprint density at radius 1 is 1.00 bits per heavy atom. The highest BCUT2D eigenvalue weighted by Crippen LogP contribution is 2.58. The Hall–Kier alpha value is -2.64. The smallest absolute Gasteiger partial charge is 0.244 e. The Morgan fingerprint density at radius 2 is 1.57 bits per heavy atom. The van der Waals surface area contributed by atoms with Gasteiger partial charge >= 0.3 is 0 Å². The second kappa shape index (κ2) is 8.24. The van der Waals surface area contributed by atoms with Crippen molar-refractivity contribution >= 4 is 44.0 Å². The summed E-state index contributed by atoms with van der Waals surface area (Å²) in [5, 5.41) is 24.0. The molecule has 0 aliphatic heterocycles. The number of phenols is 2. The summed E-state index contributed by atoms with van der Waals surface area (Å²) in [6, 6.07) is 21.6. The monoisotopic (exact) mass is 528 g/mol. The summed E-state index contributed by atoms with van der Waals surface area (Å²) in [5.41, 5.74) is 4.78. The number of amides is 1. The van der Waals surface area contributed by atoms with Gasteiger partial charge in [0.25, 0.3) is 0 Å². The molecule has 152 valence electrons. The summed E-state index contributed by atoms with van der Waals surface area (Å²) in [4.78, 5) is 12.9. The first-order chi connectivity index (χ1) is 14.4. The highest BCUT2D eigenvalue weighted by molar-refractivity contribution is 9.11. The molecule has 30 heavy (non-hydrogen) atoms. The Balaban J connectivity index is 1.55. The fourth-order valence-corrected chi connectivity index (χ4v) is 4.97. The molecule has 0 unspecified atom stereocenters. The van der Waals surface area contributed by atoms with Crippen LogP contribution in [-0.2, 0) is 10.2 Å². The number of carbonyl (C=O) groups excluding carboxylic acids is 1. The summed E-state index contributed by atoms with van der Waals surface area (Å²) in [5.74, 6) is -0.702. The number of nitrogens with zero attached hydrogens (tertiary/aromatic N) is 1. The van der Waals surface area contributed by atoms with Crippen LogP contribution in [0.4, 0.5) is 0 Å². The Kier molecular flexibility index (Phi) is 5.66. The second-order valence-electron chi connectivity index (χ2n) is 7.15. The zero-order valence-electron chi connectivity index (χ0n) is 15.7. The maximum Gasteiger partial charge on any atom is 0.244 e. The van der Waals surface area contributed by atoms with E-state index in [9.17, 15) is 15.0 Å². The Morgan fingerprint density at radius 3 is 2.13 bits per heavy atom. The van der Waals surface area contributed by atoms with Gasteiger partial charge in [-0.1, -0.05) is 60.7 Å². The molecule has 1 amide bonds. The zero-order chi connectivity index (χ0) is 21.3. The molecule has 0 heterocycles. The highest BCUT2D eigenvalue weighted by Gasteiger charge is 2.60. The molecule has 5 nitrogen and oxygen atoms in total. The minimum atomic E-state index is -0.366. The van der Waals surface area contributed by atoms with Crippen LogP contribution in [-0.4, -0.2) is 22.3 Å². The van der Waals surface area contributed by atoms with E-state index in [1.807, 2.05) is 60.7 Å². The number of aromatic hydroxyl groups is 2. The molecular weight excluding hydrogens is 512 g/mol. The number of halogens is 2. The first kappa shape index (κ1) is 20.6. The van der Waals surface area contributed by atoms with Crippen LogP contribution in [0, 0.1) is 5.92 Å². The average molecular weight is 530 g/mol. The summed E-state index contributed by atoms with van der Waals surface area (Å²) in [6.45, 7) is 0. The van der Waals surface area contributed by atoms with Gasteiger partial charge in [-0.05, 0) is 55.5 Å². The summed E-state index contributed by atoms with van der Waals surface area (Å²) >= 11 is 6.33. The summed E-state index contributed by atoms with van der Waals surface area (Å²) in [6.07, 6.45) is 2.04. The van der Waals surface area contributed by atoms with Crippen LogP contribution in [0.25, 0.3) is 0 Å². The fourth-order valence-electron chi connectivity index (χ4n) is 3.81. The van der Waals surface area contributed by atoms with E-state index >= 15 is 0 Å².